The lowest BCUT2D eigenvalue weighted by Gasteiger charge is -1.98. The molecule has 2 N–H and O–H groups in total. The number of hydrogen-bond acceptors (Lipinski definition) is 3. The number of nitrogen functional groups attached to an aromatic ring is 1. The van der Waals surface area contributed by atoms with Crippen LogP contribution in [0.15, 0.2) is 47.1 Å². The molecule has 0 aliphatic rings. The van der Waals surface area contributed by atoms with Crippen molar-refractivity contribution in [1.29, 1.82) is 0 Å². The average molecular weight is 289 g/mol. The molecule has 0 saturated heterocycles. The summed E-state index contributed by atoms with van der Waals surface area (Å²) in [5.41, 5.74) is 8.23. The SMILES string of the molecule is Nc1ccccc1-c1nc2cc(Br)ccn2n1. The molecule has 84 valence electrons. The van der Waals surface area contributed by atoms with Crippen LogP contribution in [0.25, 0.3) is 17.0 Å². The third-order valence-electron chi connectivity index (χ3n) is 2.50. The van der Waals surface area contributed by atoms with Crippen molar-refractivity contribution >= 4 is 27.3 Å². The quantitative estimate of drug-likeness (QED) is 0.701. The van der Waals surface area contributed by atoms with Crippen LogP contribution < -0.4 is 5.73 Å². The Morgan fingerprint density at radius 1 is 1.18 bits per heavy atom. The van der Waals surface area contributed by atoms with Gasteiger partial charge in [0.1, 0.15) is 0 Å². The summed E-state index contributed by atoms with van der Waals surface area (Å²) in [6.45, 7) is 0. The van der Waals surface area contributed by atoms with Crippen LogP contribution in [-0.4, -0.2) is 14.6 Å². The van der Waals surface area contributed by atoms with E-state index >= 15 is 0 Å². The van der Waals surface area contributed by atoms with Crippen LogP contribution in [0.1, 0.15) is 0 Å². The molecule has 0 aliphatic heterocycles. The van der Waals surface area contributed by atoms with Crippen LogP contribution in [-0.2, 0) is 0 Å². The maximum atomic E-state index is 5.91. The summed E-state index contributed by atoms with van der Waals surface area (Å²) in [5, 5.41) is 4.39. The zero-order valence-corrected chi connectivity index (χ0v) is 10.4. The van der Waals surface area contributed by atoms with Crippen LogP contribution in [0.4, 0.5) is 5.69 Å². The highest BCUT2D eigenvalue weighted by atomic mass is 79.9. The number of rotatable bonds is 1. The number of nitrogens with two attached hydrogens (primary N) is 1. The van der Waals surface area contributed by atoms with Crippen LogP contribution in [0.3, 0.4) is 0 Å². The summed E-state index contributed by atoms with van der Waals surface area (Å²) in [5.74, 6) is 0.640. The van der Waals surface area contributed by atoms with Gasteiger partial charge in [0, 0.05) is 21.9 Å². The Hall–Kier alpha value is -1.88. The third kappa shape index (κ3) is 1.78. The highest BCUT2D eigenvalue weighted by molar-refractivity contribution is 9.10. The largest absolute Gasteiger partial charge is 0.398 e. The van der Waals surface area contributed by atoms with Crippen molar-refractivity contribution in [1.82, 2.24) is 14.6 Å². The Morgan fingerprint density at radius 3 is 2.82 bits per heavy atom. The number of benzene rings is 1. The molecule has 3 rings (SSSR count). The van der Waals surface area contributed by atoms with Crippen LogP contribution in [0.5, 0.6) is 0 Å². The van der Waals surface area contributed by atoms with Crippen LogP contribution in [0.2, 0.25) is 0 Å². The lowest BCUT2D eigenvalue weighted by atomic mass is 10.2. The Labute approximate surface area is 106 Å². The molecule has 1 aromatic carbocycles. The molecule has 0 aliphatic carbocycles. The number of para-hydroxylation sites is 1. The van der Waals surface area contributed by atoms with Gasteiger partial charge in [-0.25, -0.2) is 9.50 Å². The van der Waals surface area contributed by atoms with Gasteiger partial charge >= 0.3 is 0 Å². The molecule has 0 atom stereocenters. The Kier molecular flexibility index (Phi) is 2.33. The van der Waals surface area contributed by atoms with E-state index in [0.29, 0.717) is 11.5 Å². The molecule has 4 nitrogen and oxygen atoms in total. The topological polar surface area (TPSA) is 56.2 Å². The fourth-order valence-electron chi connectivity index (χ4n) is 1.67. The van der Waals surface area contributed by atoms with E-state index in [9.17, 15) is 0 Å². The van der Waals surface area contributed by atoms with Crippen molar-refractivity contribution in [2.45, 2.75) is 0 Å². The predicted octanol–water partition coefficient (Wildman–Crippen LogP) is 2.74. The van der Waals surface area contributed by atoms with Gasteiger partial charge in [0.05, 0.1) is 0 Å². The second-order valence-electron chi connectivity index (χ2n) is 3.67. The molecule has 0 bridgehead atoms. The number of aromatic nitrogens is 3. The van der Waals surface area contributed by atoms with E-state index in [1.54, 1.807) is 4.52 Å². The van der Waals surface area contributed by atoms with E-state index in [1.807, 2.05) is 42.6 Å². The van der Waals surface area contributed by atoms with Gasteiger partial charge in [-0.05, 0) is 24.3 Å². The van der Waals surface area contributed by atoms with E-state index in [2.05, 4.69) is 26.0 Å². The van der Waals surface area contributed by atoms with Crippen molar-refractivity contribution in [3.05, 3.63) is 47.1 Å². The summed E-state index contributed by atoms with van der Waals surface area (Å²) >= 11 is 3.41. The first-order valence-corrected chi connectivity index (χ1v) is 5.90. The number of fused-ring (bicyclic) bond motifs is 1. The summed E-state index contributed by atoms with van der Waals surface area (Å²) in [6, 6.07) is 11.4. The molecule has 2 aromatic heterocycles. The highest BCUT2D eigenvalue weighted by Gasteiger charge is 2.08. The molecule has 0 fully saturated rings. The monoisotopic (exact) mass is 288 g/mol. The minimum absolute atomic E-state index is 0.640. The highest BCUT2D eigenvalue weighted by Crippen LogP contribution is 2.23. The van der Waals surface area contributed by atoms with Gasteiger partial charge in [-0.3, -0.25) is 0 Å². The van der Waals surface area contributed by atoms with E-state index in [1.165, 1.54) is 0 Å². The van der Waals surface area contributed by atoms with Crippen molar-refractivity contribution < 1.29 is 0 Å². The van der Waals surface area contributed by atoms with Crippen LogP contribution in [0, 0.1) is 0 Å². The molecule has 0 radical (unpaired) electrons. The lowest BCUT2D eigenvalue weighted by molar-refractivity contribution is 0.964. The van der Waals surface area contributed by atoms with Gasteiger partial charge in [0.2, 0.25) is 0 Å². The van der Waals surface area contributed by atoms with Crippen molar-refractivity contribution in [2.24, 2.45) is 0 Å². The molecular formula is C12H9BrN4. The second-order valence-corrected chi connectivity index (χ2v) is 4.59. The van der Waals surface area contributed by atoms with E-state index in [-0.39, 0.29) is 0 Å². The van der Waals surface area contributed by atoms with Gasteiger partial charge in [-0.1, -0.05) is 28.1 Å². The number of nitrogens with zero attached hydrogens (tertiary/aromatic N) is 3. The first-order valence-electron chi connectivity index (χ1n) is 5.11. The number of anilines is 1. The Morgan fingerprint density at radius 2 is 2.00 bits per heavy atom. The van der Waals surface area contributed by atoms with E-state index in [0.717, 1.165) is 15.7 Å². The molecule has 0 spiro atoms. The second kappa shape index (κ2) is 3.85. The minimum atomic E-state index is 0.640. The van der Waals surface area contributed by atoms with Gasteiger partial charge in [0.25, 0.3) is 0 Å². The van der Waals surface area contributed by atoms with E-state index < -0.39 is 0 Å². The van der Waals surface area contributed by atoms with Crippen molar-refractivity contribution in [3.8, 4) is 11.4 Å². The van der Waals surface area contributed by atoms with Crippen molar-refractivity contribution in [2.75, 3.05) is 5.73 Å². The fourth-order valence-corrected chi connectivity index (χ4v) is 1.99. The van der Waals surface area contributed by atoms with Gasteiger partial charge < -0.3 is 5.73 Å². The standard InChI is InChI=1S/C12H9BrN4/c13-8-5-6-17-11(7-8)15-12(16-17)9-3-1-2-4-10(9)14/h1-7H,14H2. The number of halogens is 1. The van der Waals surface area contributed by atoms with Gasteiger partial charge in [0.15, 0.2) is 11.5 Å². The number of hydrogen-bond donors (Lipinski definition) is 1. The summed E-state index contributed by atoms with van der Waals surface area (Å²) in [7, 11) is 0. The first kappa shape index (κ1) is 10.3. The molecule has 0 unspecified atom stereocenters. The number of pyridine rings is 1. The first-order chi connectivity index (χ1) is 8.24. The van der Waals surface area contributed by atoms with Crippen molar-refractivity contribution in [3.63, 3.8) is 0 Å². The third-order valence-corrected chi connectivity index (χ3v) is 2.99. The minimum Gasteiger partial charge on any atom is -0.398 e. The molecule has 17 heavy (non-hydrogen) atoms. The van der Waals surface area contributed by atoms with Crippen LogP contribution >= 0.6 is 15.9 Å². The maximum Gasteiger partial charge on any atom is 0.184 e. The molecule has 5 heteroatoms. The molecular weight excluding hydrogens is 280 g/mol. The summed E-state index contributed by atoms with van der Waals surface area (Å²) in [6.07, 6.45) is 1.86. The maximum absolute atomic E-state index is 5.91. The summed E-state index contributed by atoms with van der Waals surface area (Å²) < 4.78 is 2.71. The fraction of sp³-hybridized carbons (Fsp3) is 0. The zero-order chi connectivity index (χ0) is 11.8. The molecule has 3 aromatic rings. The normalized spacial score (nSPS) is 10.9. The van der Waals surface area contributed by atoms with Gasteiger partial charge in [-0.2, -0.15) is 0 Å². The Bertz CT molecular complexity index is 690. The van der Waals surface area contributed by atoms with E-state index in [4.69, 9.17) is 5.73 Å². The lowest BCUT2D eigenvalue weighted by Crippen LogP contribution is -1.91. The van der Waals surface area contributed by atoms with Gasteiger partial charge in [-0.15, -0.1) is 5.10 Å². The molecule has 0 saturated carbocycles. The predicted molar refractivity (Wildman–Crippen MR) is 70.5 cm³/mol. The summed E-state index contributed by atoms with van der Waals surface area (Å²) in [4.78, 5) is 4.45. The molecule has 0 amide bonds. The smallest absolute Gasteiger partial charge is 0.184 e. The molecule has 2 heterocycles. The Balaban J connectivity index is 2.22. The average Bonchev–Trinajstić information content (AvgIpc) is 2.72. The zero-order valence-electron chi connectivity index (χ0n) is 8.84.